The highest BCUT2D eigenvalue weighted by molar-refractivity contribution is 7.10. The lowest BCUT2D eigenvalue weighted by Gasteiger charge is -2.28. The van der Waals surface area contributed by atoms with E-state index in [1.54, 1.807) is 23.1 Å². The third kappa shape index (κ3) is 6.02. The number of nitrogens with zero attached hydrogens (tertiary/aromatic N) is 2. The first-order valence-electron chi connectivity index (χ1n) is 13.7. The van der Waals surface area contributed by atoms with Crippen LogP contribution in [0.3, 0.4) is 0 Å². The van der Waals surface area contributed by atoms with Gasteiger partial charge in [0.25, 0.3) is 5.91 Å². The topological polar surface area (TPSA) is 124 Å². The molecular weight excluding hydrogens is 538 g/mol. The van der Waals surface area contributed by atoms with Crippen LogP contribution in [0.25, 0.3) is 0 Å². The van der Waals surface area contributed by atoms with Gasteiger partial charge in [0, 0.05) is 33.8 Å². The lowest BCUT2D eigenvalue weighted by Crippen LogP contribution is -2.51. The maximum absolute atomic E-state index is 13.3. The van der Waals surface area contributed by atoms with Crippen molar-refractivity contribution >= 4 is 41.6 Å². The largest absolute Gasteiger partial charge is 0.486 e. The first-order valence-corrected chi connectivity index (χ1v) is 14.6. The third-order valence-corrected chi connectivity index (χ3v) is 9.24. The Labute approximate surface area is 243 Å². The van der Waals surface area contributed by atoms with E-state index in [-0.39, 0.29) is 53.7 Å². The lowest BCUT2D eigenvalue weighted by molar-refractivity contribution is -0.139. The van der Waals surface area contributed by atoms with Crippen LogP contribution in [-0.4, -0.2) is 59.9 Å². The normalized spacial score (nSPS) is 24.8. The fraction of sp³-hybridized carbons (Fsp3) is 0.387. The summed E-state index contributed by atoms with van der Waals surface area (Å²) in [5, 5.41) is 15.4. The van der Waals surface area contributed by atoms with E-state index < -0.39 is 6.04 Å². The van der Waals surface area contributed by atoms with Gasteiger partial charge in [0.1, 0.15) is 17.9 Å². The van der Waals surface area contributed by atoms with Crippen LogP contribution in [0.4, 0.5) is 0 Å². The first kappa shape index (κ1) is 28.5. The summed E-state index contributed by atoms with van der Waals surface area (Å²) in [5.41, 5.74) is 1.85. The molecule has 0 spiro atoms. The molecule has 1 unspecified atom stereocenters. The molecule has 3 amide bonds. The number of rotatable bonds is 9. The number of amidine groups is 1. The number of aryl methyl sites for hydroxylation is 1. The summed E-state index contributed by atoms with van der Waals surface area (Å²) in [6.07, 6.45) is 10.2. The maximum atomic E-state index is 13.3. The van der Waals surface area contributed by atoms with Gasteiger partial charge in [0.2, 0.25) is 11.8 Å². The summed E-state index contributed by atoms with van der Waals surface area (Å²) >= 11 is 1.44. The van der Waals surface area contributed by atoms with Gasteiger partial charge in [0.15, 0.2) is 5.84 Å². The SMILES string of the molecule is C=NC(=N)c1csc([C@@H](C)NC(=O)[C@@H]2C[C@]3(C)C[C@@H]3N2C(=O)CNC(=O)c2ccc(OC3C=CC=CC3)c(C)c2)c1. The summed E-state index contributed by atoms with van der Waals surface area (Å²) in [7, 11) is 0. The minimum absolute atomic E-state index is 0.00667. The van der Waals surface area contributed by atoms with Crippen molar-refractivity contribution in [1.29, 1.82) is 5.41 Å². The van der Waals surface area contributed by atoms with Gasteiger partial charge in [-0.25, -0.2) is 4.99 Å². The molecule has 1 saturated heterocycles. The average Bonchev–Trinajstić information content (AvgIpc) is 3.28. The Balaban J connectivity index is 1.18. The van der Waals surface area contributed by atoms with E-state index in [9.17, 15) is 14.4 Å². The zero-order valence-corrected chi connectivity index (χ0v) is 24.3. The Bertz CT molecular complexity index is 1460. The zero-order chi connectivity index (χ0) is 29.3. The van der Waals surface area contributed by atoms with E-state index in [4.69, 9.17) is 10.1 Å². The minimum Gasteiger partial charge on any atom is -0.486 e. The number of allylic oxidation sites excluding steroid dienone is 2. The number of amides is 3. The van der Waals surface area contributed by atoms with Crippen LogP contribution in [0.5, 0.6) is 5.75 Å². The van der Waals surface area contributed by atoms with E-state index in [1.807, 2.05) is 49.6 Å². The summed E-state index contributed by atoms with van der Waals surface area (Å²) in [6.45, 7) is 9.07. The Morgan fingerprint density at radius 1 is 1.24 bits per heavy atom. The first-order chi connectivity index (χ1) is 19.6. The molecule has 1 aliphatic heterocycles. The smallest absolute Gasteiger partial charge is 0.251 e. The fourth-order valence-corrected chi connectivity index (χ4v) is 6.52. The van der Waals surface area contributed by atoms with Crippen LogP contribution in [0.15, 0.2) is 58.9 Å². The highest BCUT2D eigenvalue weighted by Gasteiger charge is 2.64. The van der Waals surface area contributed by atoms with Crippen molar-refractivity contribution in [3.63, 3.8) is 0 Å². The Morgan fingerprint density at radius 2 is 2.05 bits per heavy atom. The Kier molecular flexibility index (Phi) is 7.95. The fourth-order valence-electron chi connectivity index (χ4n) is 5.62. The third-order valence-electron chi connectivity index (χ3n) is 8.12. The van der Waals surface area contributed by atoms with Gasteiger partial charge < -0.3 is 20.3 Å². The molecule has 3 N–H and O–H groups in total. The maximum Gasteiger partial charge on any atom is 0.251 e. The number of carbonyl (C=O) groups is 3. The molecule has 214 valence electrons. The van der Waals surface area contributed by atoms with Gasteiger partial charge in [-0.2, -0.15) is 0 Å². The number of nitrogens with one attached hydrogen (secondary N) is 3. The number of hydrogen-bond donors (Lipinski definition) is 3. The van der Waals surface area contributed by atoms with Crippen molar-refractivity contribution in [3.05, 3.63) is 75.5 Å². The number of likely N-dealkylation sites (tertiary alicyclic amines) is 1. The number of carbonyl (C=O) groups excluding carboxylic acids is 3. The molecule has 2 fully saturated rings. The van der Waals surface area contributed by atoms with Gasteiger partial charge in [0.05, 0.1) is 12.6 Å². The summed E-state index contributed by atoms with van der Waals surface area (Å²) in [6, 6.07) is 6.16. The zero-order valence-electron chi connectivity index (χ0n) is 23.5. The van der Waals surface area contributed by atoms with E-state index in [1.165, 1.54) is 11.3 Å². The van der Waals surface area contributed by atoms with Gasteiger partial charge in [-0.05, 0) is 74.7 Å². The van der Waals surface area contributed by atoms with Gasteiger partial charge in [-0.15, -0.1) is 11.3 Å². The standard InChI is InChI=1S/C31H35N5O4S/c1-18-12-20(10-11-24(18)40-22-8-6-5-7-9-22)29(38)34-16-27(37)36-23(14-31(3)15-26(31)36)30(39)35-19(2)25-13-21(17-41-25)28(32)33-4/h5-8,10-13,17,19,22-23,26,32H,4,9,14-16H2,1-3H3,(H,34,38)(H,35,39)/t19-,22?,23+,26+,31-/m1/s1. The van der Waals surface area contributed by atoms with Gasteiger partial charge in [-0.1, -0.05) is 25.2 Å². The molecule has 0 bridgehead atoms. The second-order valence-electron chi connectivity index (χ2n) is 11.2. The van der Waals surface area contributed by atoms with Gasteiger partial charge >= 0.3 is 0 Å². The van der Waals surface area contributed by atoms with E-state index in [0.717, 1.165) is 23.3 Å². The average molecular weight is 574 g/mol. The van der Waals surface area contributed by atoms with Crippen molar-refractivity contribution in [2.45, 2.75) is 64.3 Å². The summed E-state index contributed by atoms with van der Waals surface area (Å²) in [4.78, 5) is 45.8. The highest BCUT2D eigenvalue weighted by atomic mass is 32.1. The molecule has 1 saturated carbocycles. The number of thiophene rings is 1. The highest BCUT2D eigenvalue weighted by Crippen LogP contribution is 2.59. The molecule has 1 aromatic carbocycles. The molecule has 2 heterocycles. The quantitative estimate of drug-likeness (QED) is 0.305. The number of fused-ring (bicyclic) bond motifs is 1. The molecule has 1 aromatic heterocycles. The number of ether oxygens (including phenoxy) is 1. The van der Waals surface area contributed by atoms with E-state index >= 15 is 0 Å². The van der Waals surface area contributed by atoms with Crippen LogP contribution >= 0.6 is 11.3 Å². The van der Waals surface area contributed by atoms with Crippen LogP contribution in [0.1, 0.15) is 65.5 Å². The molecule has 3 aliphatic rings. The predicted octanol–water partition coefficient (Wildman–Crippen LogP) is 4.33. The van der Waals surface area contributed by atoms with Crippen molar-refractivity contribution in [3.8, 4) is 5.75 Å². The molecule has 10 heteroatoms. The molecule has 5 atom stereocenters. The molecule has 41 heavy (non-hydrogen) atoms. The van der Waals surface area contributed by atoms with Crippen LogP contribution < -0.4 is 15.4 Å². The van der Waals surface area contributed by atoms with E-state index in [0.29, 0.717) is 23.3 Å². The van der Waals surface area contributed by atoms with Crippen LogP contribution in [-0.2, 0) is 9.59 Å². The van der Waals surface area contributed by atoms with Crippen molar-refractivity contribution in [2.24, 2.45) is 10.4 Å². The molecule has 5 rings (SSSR count). The Hall–Kier alpha value is -4.05. The summed E-state index contributed by atoms with van der Waals surface area (Å²) in [5.74, 6) is -0.0381. The number of aliphatic imine (C=N–C) groups is 1. The predicted molar refractivity (Wildman–Crippen MR) is 160 cm³/mol. The van der Waals surface area contributed by atoms with Crippen molar-refractivity contribution in [2.75, 3.05) is 6.54 Å². The Morgan fingerprint density at radius 3 is 2.76 bits per heavy atom. The van der Waals surface area contributed by atoms with Crippen molar-refractivity contribution < 1.29 is 19.1 Å². The van der Waals surface area contributed by atoms with Crippen LogP contribution in [0.2, 0.25) is 0 Å². The molecule has 2 aliphatic carbocycles. The number of hydrogen-bond acceptors (Lipinski definition) is 6. The number of benzene rings is 1. The minimum atomic E-state index is -0.597. The van der Waals surface area contributed by atoms with Crippen LogP contribution in [0, 0.1) is 17.7 Å². The summed E-state index contributed by atoms with van der Waals surface area (Å²) < 4.78 is 6.04. The molecule has 0 radical (unpaired) electrons. The second-order valence-corrected chi connectivity index (χ2v) is 12.2. The molecule has 2 aromatic rings. The lowest BCUT2D eigenvalue weighted by atomic mass is 10.0. The van der Waals surface area contributed by atoms with Gasteiger partial charge in [-0.3, -0.25) is 19.8 Å². The van der Waals surface area contributed by atoms with Crippen molar-refractivity contribution in [1.82, 2.24) is 15.5 Å². The molecule has 9 nitrogen and oxygen atoms in total. The monoisotopic (exact) mass is 573 g/mol. The van der Waals surface area contributed by atoms with E-state index in [2.05, 4.69) is 29.3 Å². The second kappa shape index (κ2) is 11.4. The number of piperidine rings is 1. The molecular formula is C31H35N5O4S.